The molecule has 0 radical (unpaired) electrons. The molecule has 0 aliphatic rings. The van der Waals surface area contributed by atoms with E-state index in [1.807, 2.05) is 26.0 Å². The van der Waals surface area contributed by atoms with Crippen LogP contribution in [0.1, 0.15) is 45.0 Å². The third-order valence-corrected chi connectivity index (χ3v) is 5.22. The zero-order chi connectivity index (χ0) is 18.7. The van der Waals surface area contributed by atoms with E-state index < -0.39 is 5.97 Å². The molecular formula is C20H20N2O3S. The molecule has 3 aromatic rings. The zero-order valence-electron chi connectivity index (χ0n) is 15.0. The SMILES string of the molecule is CCOC(=O)c1c(NC(=O)c2cccc3ncccc23)sc(C)c1CC. The number of nitrogens with one attached hydrogen (secondary N) is 1. The quantitative estimate of drug-likeness (QED) is 0.669. The molecule has 0 saturated carbocycles. The van der Waals surface area contributed by atoms with Crippen LogP contribution in [0.2, 0.25) is 0 Å². The van der Waals surface area contributed by atoms with Crippen molar-refractivity contribution in [2.75, 3.05) is 11.9 Å². The summed E-state index contributed by atoms with van der Waals surface area (Å²) in [7, 11) is 0. The van der Waals surface area contributed by atoms with E-state index in [2.05, 4.69) is 10.3 Å². The second-order valence-electron chi connectivity index (χ2n) is 5.74. The predicted molar refractivity (Wildman–Crippen MR) is 104 cm³/mol. The lowest BCUT2D eigenvalue weighted by molar-refractivity contribution is 0.0527. The van der Waals surface area contributed by atoms with Crippen molar-refractivity contribution in [3.05, 3.63) is 58.1 Å². The van der Waals surface area contributed by atoms with Crippen LogP contribution in [-0.2, 0) is 11.2 Å². The van der Waals surface area contributed by atoms with Crippen LogP contribution in [-0.4, -0.2) is 23.5 Å². The van der Waals surface area contributed by atoms with Gasteiger partial charge in [-0.1, -0.05) is 19.1 Å². The van der Waals surface area contributed by atoms with Crippen molar-refractivity contribution in [2.45, 2.75) is 27.2 Å². The third kappa shape index (κ3) is 3.32. The molecule has 26 heavy (non-hydrogen) atoms. The zero-order valence-corrected chi connectivity index (χ0v) is 15.8. The molecule has 134 valence electrons. The van der Waals surface area contributed by atoms with Crippen LogP contribution >= 0.6 is 11.3 Å². The van der Waals surface area contributed by atoms with Crippen LogP contribution in [0.4, 0.5) is 5.00 Å². The van der Waals surface area contributed by atoms with Gasteiger partial charge < -0.3 is 10.1 Å². The third-order valence-electron chi connectivity index (χ3n) is 4.16. The molecule has 0 saturated heterocycles. The van der Waals surface area contributed by atoms with Gasteiger partial charge in [-0.3, -0.25) is 9.78 Å². The Bertz CT molecular complexity index is 973. The number of rotatable bonds is 5. The first-order valence-electron chi connectivity index (χ1n) is 8.51. The smallest absolute Gasteiger partial charge is 0.341 e. The van der Waals surface area contributed by atoms with Crippen molar-refractivity contribution >= 4 is 39.1 Å². The van der Waals surface area contributed by atoms with Gasteiger partial charge in [0.2, 0.25) is 0 Å². The van der Waals surface area contributed by atoms with E-state index in [4.69, 9.17) is 4.74 Å². The highest BCUT2D eigenvalue weighted by Crippen LogP contribution is 2.34. The minimum absolute atomic E-state index is 0.266. The Kier molecular flexibility index (Phi) is 5.32. The molecule has 3 rings (SSSR count). The fraction of sp³-hybridized carbons (Fsp3) is 0.250. The van der Waals surface area contributed by atoms with Gasteiger partial charge in [-0.2, -0.15) is 0 Å². The summed E-state index contributed by atoms with van der Waals surface area (Å²) in [5, 5.41) is 4.21. The Balaban J connectivity index is 2.00. The van der Waals surface area contributed by atoms with Crippen LogP contribution in [0.15, 0.2) is 36.5 Å². The standard InChI is InChI=1S/C20H20N2O3S/c1-4-13-12(3)26-19(17(13)20(24)25-5-2)22-18(23)15-8-6-10-16-14(15)9-7-11-21-16/h6-11H,4-5H2,1-3H3,(H,22,23). The molecule has 2 heterocycles. The van der Waals surface area contributed by atoms with Crippen molar-refractivity contribution in [3.63, 3.8) is 0 Å². The van der Waals surface area contributed by atoms with Gasteiger partial charge in [0.05, 0.1) is 17.7 Å². The fourth-order valence-corrected chi connectivity index (χ4v) is 4.11. The first-order valence-corrected chi connectivity index (χ1v) is 9.32. The lowest BCUT2D eigenvalue weighted by atomic mass is 10.1. The van der Waals surface area contributed by atoms with Crippen molar-refractivity contribution in [3.8, 4) is 0 Å². The van der Waals surface area contributed by atoms with Gasteiger partial charge >= 0.3 is 5.97 Å². The lowest BCUT2D eigenvalue weighted by Gasteiger charge is -2.09. The fourth-order valence-electron chi connectivity index (χ4n) is 2.98. The summed E-state index contributed by atoms with van der Waals surface area (Å²) in [6.45, 7) is 5.99. The number of ether oxygens (including phenoxy) is 1. The lowest BCUT2D eigenvalue weighted by Crippen LogP contribution is -2.15. The summed E-state index contributed by atoms with van der Waals surface area (Å²) in [6.07, 6.45) is 2.39. The number of thiophene rings is 1. The number of carbonyl (C=O) groups is 2. The number of aryl methyl sites for hydroxylation is 1. The average molecular weight is 368 g/mol. The molecule has 0 unspecified atom stereocenters. The van der Waals surface area contributed by atoms with E-state index in [1.54, 1.807) is 31.3 Å². The number of aromatic nitrogens is 1. The van der Waals surface area contributed by atoms with E-state index in [1.165, 1.54) is 11.3 Å². The van der Waals surface area contributed by atoms with Crippen molar-refractivity contribution in [1.82, 2.24) is 4.98 Å². The first kappa shape index (κ1) is 18.1. The molecule has 0 spiro atoms. The molecule has 0 bridgehead atoms. The molecular weight excluding hydrogens is 348 g/mol. The van der Waals surface area contributed by atoms with E-state index in [0.29, 0.717) is 29.2 Å². The number of benzene rings is 1. The van der Waals surface area contributed by atoms with E-state index in [9.17, 15) is 9.59 Å². The van der Waals surface area contributed by atoms with Gasteiger partial charge in [-0.25, -0.2) is 4.79 Å². The number of amides is 1. The Morgan fingerprint density at radius 3 is 2.73 bits per heavy atom. The number of fused-ring (bicyclic) bond motifs is 1. The van der Waals surface area contributed by atoms with Crippen molar-refractivity contribution < 1.29 is 14.3 Å². The summed E-state index contributed by atoms with van der Waals surface area (Å²) in [5.74, 6) is -0.665. The summed E-state index contributed by atoms with van der Waals surface area (Å²) < 4.78 is 5.19. The molecule has 5 nitrogen and oxygen atoms in total. The molecule has 2 aromatic heterocycles. The second-order valence-corrected chi connectivity index (χ2v) is 6.97. The number of nitrogens with zero attached hydrogens (tertiary/aromatic N) is 1. The number of pyridine rings is 1. The number of anilines is 1. The number of hydrogen-bond donors (Lipinski definition) is 1. The second kappa shape index (κ2) is 7.66. The van der Waals surface area contributed by atoms with Crippen molar-refractivity contribution in [2.24, 2.45) is 0 Å². The van der Waals surface area contributed by atoms with Crippen LogP contribution in [0, 0.1) is 6.92 Å². The van der Waals surface area contributed by atoms with Crippen LogP contribution in [0.5, 0.6) is 0 Å². The first-order chi connectivity index (χ1) is 12.6. The van der Waals surface area contributed by atoms with E-state index in [0.717, 1.165) is 21.3 Å². The minimum Gasteiger partial charge on any atom is -0.462 e. The van der Waals surface area contributed by atoms with E-state index >= 15 is 0 Å². The largest absolute Gasteiger partial charge is 0.462 e. The van der Waals surface area contributed by atoms with Gasteiger partial charge in [0.15, 0.2) is 0 Å². The van der Waals surface area contributed by atoms with Crippen LogP contribution in [0.25, 0.3) is 10.9 Å². The number of carbonyl (C=O) groups excluding carboxylic acids is 2. The molecule has 1 N–H and O–H groups in total. The van der Waals surface area contributed by atoms with Crippen LogP contribution < -0.4 is 5.32 Å². The molecule has 1 amide bonds. The van der Waals surface area contributed by atoms with E-state index in [-0.39, 0.29) is 5.91 Å². The highest BCUT2D eigenvalue weighted by atomic mass is 32.1. The number of hydrogen-bond acceptors (Lipinski definition) is 5. The molecule has 0 fully saturated rings. The maximum Gasteiger partial charge on any atom is 0.341 e. The molecule has 6 heteroatoms. The van der Waals surface area contributed by atoms with Gasteiger partial charge in [-0.15, -0.1) is 11.3 Å². The average Bonchev–Trinajstić information content (AvgIpc) is 2.96. The topological polar surface area (TPSA) is 68.3 Å². The Morgan fingerprint density at radius 2 is 2.00 bits per heavy atom. The van der Waals surface area contributed by atoms with Gasteiger partial charge in [-0.05, 0) is 44.0 Å². The number of esters is 1. The maximum atomic E-state index is 12.9. The van der Waals surface area contributed by atoms with Crippen LogP contribution in [0.3, 0.4) is 0 Å². The molecule has 0 aliphatic heterocycles. The Hall–Kier alpha value is -2.73. The minimum atomic E-state index is -0.399. The highest BCUT2D eigenvalue weighted by Gasteiger charge is 2.24. The molecule has 0 atom stereocenters. The highest BCUT2D eigenvalue weighted by molar-refractivity contribution is 7.16. The van der Waals surface area contributed by atoms with Gasteiger partial charge in [0.1, 0.15) is 5.00 Å². The molecule has 0 aliphatic carbocycles. The monoisotopic (exact) mass is 368 g/mol. The Morgan fingerprint density at radius 1 is 1.19 bits per heavy atom. The normalized spacial score (nSPS) is 10.7. The Labute approximate surface area is 156 Å². The van der Waals surface area contributed by atoms with Gasteiger partial charge in [0, 0.05) is 22.0 Å². The summed E-state index contributed by atoms with van der Waals surface area (Å²) in [4.78, 5) is 30.6. The summed E-state index contributed by atoms with van der Waals surface area (Å²) in [5.41, 5.74) is 2.66. The summed E-state index contributed by atoms with van der Waals surface area (Å²) in [6, 6.07) is 9.08. The molecule has 1 aromatic carbocycles. The predicted octanol–water partition coefficient (Wildman–Crippen LogP) is 4.60. The van der Waals surface area contributed by atoms with Crippen molar-refractivity contribution in [1.29, 1.82) is 0 Å². The maximum absolute atomic E-state index is 12.9. The summed E-state index contributed by atoms with van der Waals surface area (Å²) >= 11 is 1.40. The van der Waals surface area contributed by atoms with Gasteiger partial charge in [0.25, 0.3) is 5.91 Å².